The molecule has 1 unspecified atom stereocenters. The largest absolute Gasteiger partial charge is 0.480 e. The quantitative estimate of drug-likeness (QED) is 0.843. The van der Waals surface area contributed by atoms with Crippen LogP contribution in [0.5, 0.6) is 0 Å². The van der Waals surface area contributed by atoms with Crippen LogP contribution in [0, 0.1) is 0 Å². The van der Waals surface area contributed by atoms with Crippen LogP contribution < -0.4 is 5.32 Å². The molecule has 0 aliphatic rings. The lowest BCUT2D eigenvalue weighted by molar-refractivity contribution is -0.142. The molecule has 0 aliphatic heterocycles. The van der Waals surface area contributed by atoms with Gasteiger partial charge in [0, 0.05) is 12.3 Å². The molecular weight excluding hydrogens is 232 g/mol. The maximum absolute atomic E-state index is 11.3. The third-order valence-electron chi connectivity index (χ3n) is 2.88. The Morgan fingerprint density at radius 2 is 2.33 bits per heavy atom. The number of hydrogen-bond donors (Lipinski definition) is 2. The van der Waals surface area contributed by atoms with Gasteiger partial charge in [-0.1, -0.05) is 13.3 Å². The van der Waals surface area contributed by atoms with E-state index >= 15 is 0 Å². The number of nitrogens with zero attached hydrogens (tertiary/aromatic N) is 3. The van der Waals surface area contributed by atoms with E-state index in [1.54, 1.807) is 36.0 Å². The van der Waals surface area contributed by atoms with Crippen LogP contribution in [-0.4, -0.2) is 31.2 Å². The normalized spacial score (nSPS) is 14.3. The molecule has 2 N–H and O–H groups in total. The number of carbonyl (C=O) groups is 1. The van der Waals surface area contributed by atoms with E-state index in [0.29, 0.717) is 17.9 Å². The Morgan fingerprint density at radius 3 is 3.00 bits per heavy atom. The first-order valence-corrected chi connectivity index (χ1v) is 5.87. The molecule has 0 saturated carbocycles. The summed E-state index contributed by atoms with van der Waals surface area (Å²) in [6.45, 7) is 3.62. The maximum atomic E-state index is 11.3. The van der Waals surface area contributed by atoms with Crippen molar-refractivity contribution >= 4 is 17.4 Å². The van der Waals surface area contributed by atoms with E-state index in [2.05, 4.69) is 15.4 Å². The number of fused-ring (bicyclic) bond motifs is 1. The molecule has 2 rings (SSSR count). The van der Waals surface area contributed by atoms with Crippen LogP contribution in [-0.2, 0) is 4.79 Å². The smallest absolute Gasteiger partial charge is 0.329 e. The summed E-state index contributed by atoms with van der Waals surface area (Å²) in [7, 11) is 0. The first-order chi connectivity index (χ1) is 8.55. The molecule has 0 radical (unpaired) electrons. The van der Waals surface area contributed by atoms with Gasteiger partial charge in [-0.15, -0.1) is 0 Å². The Labute approximate surface area is 105 Å². The van der Waals surface area contributed by atoms with E-state index in [1.165, 1.54) is 0 Å². The van der Waals surface area contributed by atoms with Gasteiger partial charge in [0.2, 0.25) is 0 Å². The molecule has 0 spiro atoms. The second-order valence-corrected chi connectivity index (χ2v) is 4.46. The van der Waals surface area contributed by atoms with E-state index in [1.807, 2.05) is 6.92 Å². The van der Waals surface area contributed by atoms with Crippen molar-refractivity contribution in [3.63, 3.8) is 0 Å². The maximum Gasteiger partial charge on any atom is 0.329 e. The second kappa shape index (κ2) is 4.64. The monoisotopic (exact) mass is 248 g/mol. The van der Waals surface area contributed by atoms with Gasteiger partial charge in [0.15, 0.2) is 5.65 Å². The molecule has 2 aromatic heterocycles. The number of aromatic nitrogens is 3. The minimum absolute atomic E-state index is 0.536. The van der Waals surface area contributed by atoms with Crippen LogP contribution in [0.3, 0.4) is 0 Å². The predicted octanol–water partition coefficient (Wildman–Crippen LogP) is 1.78. The average Bonchev–Trinajstić information content (AvgIpc) is 2.76. The molecule has 18 heavy (non-hydrogen) atoms. The van der Waals surface area contributed by atoms with Crippen molar-refractivity contribution in [1.29, 1.82) is 0 Å². The van der Waals surface area contributed by atoms with Gasteiger partial charge in [0.1, 0.15) is 11.4 Å². The van der Waals surface area contributed by atoms with Gasteiger partial charge < -0.3 is 10.4 Å². The SMILES string of the molecule is CCCC(C)(Nc1ccn2nccc2n1)C(=O)O. The second-order valence-electron chi connectivity index (χ2n) is 4.46. The molecule has 0 aliphatic carbocycles. The Balaban J connectivity index is 2.27. The molecule has 0 aromatic carbocycles. The summed E-state index contributed by atoms with van der Waals surface area (Å²) in [6.07, 6.45) is 4.71. The van der Waals surface area contributed by atoms with E-state index in [-0.39, 0.29) is 0 Å². The number of hydrogen-bond acceptors (Lipinski definition) is 4. The first kappa shape index (κ1) is 12.3. The Hall–Kier alpha value is -2.11. The molecule has 0 saturated heterocycles. The van der Waals surface area contributed by atoms with Gasteiger partial charge in [0.05, 0.1) is 6.20 Å². The van der Waals surface area contributed by atoms with Crippen LogP contribution >= 0.6 is 0 Å². The zero-order chi connectivity index (χ0) is 13.2. The zero-order valence-corrected chi connectivity index (χ0v) is 10.4. The highest BCUT2D eigenvalue weighted by Gasteiger charge is 2.32. The van der Waals surface area contributed by atoms with E-state index in [4.69, 9.17) is 0 Å². The highest BCUT2D eigenvalue weighted by atomic mass is 16.4. The highest BCUT2D eigenvalue weighted by Crippen LogP contribution is 2.19. The predicted molar refractivity (Wildman–Crippen MR) is 67.6 cm³/mol. The van der Waals surface area contributed by atoms with Crippen LogP contribution in [0.1, 0.15) is 26.7 Å². The van der Waals surface area contributed by atoms with E-state index in [9.17, 15) is 9.90 Å². The van der Waals surface area contributed by atoms with Crippen molar-refractivity contribution in [2.24, 2.45) is 0 Å². The van der Waals surface area contributed by atoms with Crippen molar-refractivity contribution in [3.05, 3.63) is 24.5 Å². The topological polar surface area (TPSA) is 79.5 Å². The third kappa shape index (κ3) is 2.27. The minimum atomic E-state index is -1.000. The van der Waals surface area contributed by atoms with Gasteiger partial charge in [0.25, 0.3) is 0 Å². The van der Waals surface area contributed by atoms with E-state index in [0.717, 1.165) is 6.42 Å². The van der Waals surface area contributed by atoms with Crippen molar-refractivity contribution < 1.29 is 9.90 Å². The molecule has 96 valence electrons. The molecule has 0 bridgehead atoms. The Kier molecular flexibility index (Phi) is 3.18. The van der Waals surface area contributed by atoms with Crippen molar-refractivity contribution in [2.75, 3.05) is 5.32 Å². The van der Waals surface area contributed by atoms with Gasteiger partial charge in [-0.25, -0.2) is 14.3 Å². The lowest BCUT2D eigenvalue weighted by atomic mass is 9.96. The van der Waals surface area contributed by atoms with Crippen molar-refractivity contribution in [3.8, 4) is 0 Å². The lowest BCUT2D eigenvalue weighted by Crippen LogP contribution is -2.43. The van der Waals surface area contributed by atoms with Crippen LogP contribution in [0.4, 0.5) is 5.82 Å². The summed E-state index contributed by atoms with van der Waals surface area (Å²) in [4.78, 5) is 15.6. The molecular formula is C12H16N4O2. The number of anilines is 1. The first-order valence-electron chi connectivity index (χ1n) is 5.87. The molecule has 6 nitrogen and oxygen atoms in total. The fraction of sp³-hybridized carbons (Fsp3) is 0.417. The number of carboxylic acids is 1. The molecule has 0 fully saturated rings. The average molecular weight is 248 g/mol. The summed E-state index contributed by atoms with van der Waals surface area (Å²) in [5.74, 6) is -0.333. The van der Waals surface area contributed by atoms with Crippen LogP contribution in [0.25, 0.3) is 5.65 Å². The Morgan fingerprint density at radius 1 is 1.56 bits per heavy atom. The molecule has 2 aromatic rings. The third-order valence-corrected chi connectivity index (χ3v) is 2.88. The van der Waals surface area contributed by atoms with Crippen molar-refractivity contribution in [2.45, 2.75) is 32.2 Å². The fourth-order valence-electron chi connectivity index (χ4n) is 1.89. The lowest BCUT2D eigenvalue weighted by Gasteiger charge is -2.26. The highest BCUT2D eigenvalue weighted by molar-refractivity contribution is 5.81. The van der Waals surface area contributed by atoms with Gasteiger partial charge in [-0.05, 0) is 19.4 Å². The zero-order valence-electron chi connectivity index (χ0n) is 10.4. The van der Waals surface area contributed by atoms with Gasteiger partial charge >= 0.3 is 5.97 Å². The van der Waals surface area contributed by atoms with E-state index < -0.39 is 11.5 Å². The number of carboxylic acid groups (broad SMARTS) is 1. The number of nitrogens with one attached hydrogen (secondary N) is 1. The number of aliphatic carboxylic acids is 1. The number of rotatable bonds is 5. The summed E-state index contributed by atoms with van der Waals surface area (Å²) in [6, 6.07) is 3.49. The molecule has 1 atom stereocenters. The minimum Gasteiger partial charge on any atom is -0.480 e. The molecule has 2 heterocycles. The standard InChI is InChI=1S/C12H16N4O2/c1-3-6-12(2,11(17)18)15-9-5-8-16-10(14-9)4-7-13-16/h4-5,7-8H,3,6H2,1-2H3,(H,14,15)(H,17,18). The molecule has 6 heteroatoms. The van der Waals surface area contributed by atoms with Crippen molar-refractivity contribution in [1.82, 2.24) is 14.6 Å². The fourth-order valence-corrected chi connectivity index (χ4v) is 1.89. The summed E-state index contributed by atoms with van der Waals surface area (Å²) in [5.41, 5.74) is -0.315. The van der Waals surface area contributed by atoms with Gasteiger partial charge in [-0.3, -0.25) is 0 Å². The Bertz CT molecular complexity index is 566. The summed E-state index contributed by atoms with van der Waals surface area (Å²) < 4.78 is 1.63. The van der Waals surface area contributed by atoms with Crippen LogP contribution in [0.15, 0.2) is 24.5 Å². The summed E-state index contributed by atoms with van der Waals surface area (Å²) >= 11 is 0. The summed E-state index contributed by atoms with van der Waals surface area (Å²) in [5, 5.41) is 16.3. The molecule has 0 amide bonds. The van der Waals surface area contributed by atoms with Gasteiger partial charge in [-0.2, -0.15) is 5.10 Å². The van der Waals surface area contributed by atoms with Crippen LogP contribution in [0.2, 0.25) is 0 Å².